The fourth-order valence-corrected chi connectivity index (χ4v) is 5.39. The van der Waals surface area contributed by atoms with E-state index in [2.05, 4.69) is 31.1 Å². The molecular weight excluding hydrogens is 529 g/mol. The summed E-state index contributed by atoms with van der Waals surface area (Å²) in [6.45, 7) is 2.46. The molecule has 146 valence electrons. The minimum atomic E-state index is -3.28. The molecular formula is C18H27BrIN3O2S. The molecule has 0 spiro atoms. The summed E-state index contributed by atoms with van der Waals surface area (Å²) >= 11 is 3.33. The second kappa shape index (κ2) is 9.73. The highest BCUT2D eigenvalue weighted by Crippen LogP contribution is 2.35. The molecule has 2 aliphatic rings. The van der Waals surface area contributed by atoms with Gasteiger partial charge in [-0.1, -0.05) is 28.8 Å². The van der Waals surface area contributed by atoms with Gasteiger partial charge in [0, 0.05) is 31.2 Å². The van der Waals surface area contributed by atoms with Crippen LogP contribution in [0.5, 0.6) is 0 Å². The van der Waals surface area contributed by atoms with Gasteiger partial charge in [-0.2, -0.15) is 0 Å². The molecule has 1 aromatic carbocycles. The number of guanidine groups is 1. The Bertz CT molecular complexity index is 710. The van der Waals surface area contributed by atoms with Crippen LogP contribution in [0.2, 0.25) is 0 Å². The van der Waals surface area contributed by atoms with Crippen molar-refractivity contribution in [2.45, 2.75) is 30.6 Å². The maximum atomic E-state index is 12.4. The first-order valence-corrected chi connectivity index (χ1v) is 11.4. The smallest absolute Gasteiger partial charge is 0.193 e. The molecule has 1 aromatic rings. The van der Waals surface area contributed by atoms with Crippen molar-refractivity contribution in [2.75, 3.05) is 32.4 Å². The highest BCUT2D eigenvalue weighted by molar-refractivity contribution is 14.0. The number of likely N-dealkylation sites (tertiary alicyclic amines) is 1. The Morgan fingerprint density at radius 1 is 1.19 bits per heavy atom. The lowest BCUT2D eigenvalue weighted by atomic mass is 9.82. The van der Waals surface area contributed by atoms with E-state index in [0.29, 0.717) is 11.4 Å². The van der Waals surface area contributed by atoms with Crippen LogP contribution in [0, 0.1) is 11.8 Å². The zero-order valence-corrected chi connectivity index (χ0v) is 19.8. The Morgan fingerprint density at radius 3 is 2.31 bits per heavy atom. The first-order valence-electron chi connectivity index (χ1n) is 8.93. The highest BCUT2D eigenvalue weighted by atomic mass is 127. The summed E-state index contributed by atoms with van der Waals surface area (Å²) in [5.41, 5.74) is 0. The van der Waals surface area contributed by atoms with Crippen LogP contribution >= 0.6 is 39.9 Å². The topological polar surface area (TPSA) is 61.8 Å². The van der Waals surface area contributed by atoms with Gasteiger partial charge in [-0.05, 0) is 48.9 Å². The van der Waals surface area contributed by atoms with Crippen molar-refractivity contribution >= 4 is 55.7 Å². The third kappa shape index (κ3) is 5.34. The summed E-state index contributed by atoms with van der Waals surface area (Å²) in [5.74, 6) is 2.45. The third-order valence-electron chi connectivity index (χ3n) is 5.31. The number of fused-ring (bicyclic) bond motifs is 1. The molecule has 2 fully saturated rings. The number of rotatable bonds is 4. The Kier molecular flexibility index (Phi) is 8.21. The van der Waals surface area contributed by atoms with Crippen molar-refractivity contribution < 1.29 is 8.42 Å². The molecule has 1 aliphatic carbocycles. The second-order valence-corrected chi connectivity index (χ2v) is 9.98. The number of hydrogen-bond donors (Lipinski definition) is 1. The van der Waals surface area contributed by atoms with Gasteiger partial charge in [0.1, 0.15) is 0 Å². The molecule has 2 atom stereocenters. The number of aliphatic imine (C=N–C) groups is 1. The van der Waals surface area contributed by atoms with Gasteiger partial charge in [-0.3, -0.25) is 4.99 Å². The first kappa shape index (κ1) is 21.9. The summed E-state index contributed by atoms with van der Waals surface area (Å²) in [7, 11) is -1.51. The average molecular weight is 556 g/mol. The molecule has 3 rings (SSSR count). The lowest BCUT2D eigenvalue weighted by Gasteiger charge is -2.22. The molecule has 1 saturated heterocycles. The summed E-state index contributed by atoms with van der Waals surface area (Å²) in [6, 6.07) is 6.79. The van der Waals surface area contributed by atoms with E-state index >= 15 is 0 Å². The van der Waals surface area contributed by atoms with E-state index < -0.39 is 9.84 Å². The van der Waals surface area contributed by atoms with Crippen LogP contribution in [0.4, 0.5) is 0 Å². The molecule has 26 heavy (non-hydrogen) atoms. The second-order valence-electron chi connectivity index (χ2n) is 6.96. The van der Waals surface area contributed by atoms with E-state index in [-0.39, 0.29) is 29.7 Å². The molecule has 5 nitrogen and oxygen atoms in total. The normalized spacial score (nSPS) is 23.3. The maximum Gasteiger partial charge on any atom is 0.193 e. The summed E-state index contributed by atoms with van der Waals surface area (Å²) < 4.78 is 25.7. The van der Waals surface area contributed by atoms with E-state index in [0.717, 1.165) is 35.4 Å². The Balaban J connectivity index is 0.00000243. The van der Waals surface area contributed by atoms with Crippen molar-refractivity contribution in [2.24, 2.45) is 16.8 Å². The number of benzene rings is 1. The molecule has 1 N–H and O–H groups in total. The Labute approximate surface area is 182 Å². The fourth-order valence-electron chi connectivity index (χ4n) is 3.97. The average Bonchev–Trinajstić information content (AvgIpc) is 3.03. The molecule has 0 amide bonds. The number of nitrogens with one attached hydrogen (secondary N) is 1. The van der Waals surface area contributed by atoms with Gasteiger partial charge in [0.25, 0.3) is 0 Å². The van der Waals surface area contributed by atoms with Crippen LogP contribution in [-0.4, -0.2) is 51.7 Å². The van der Waals surface area contributed by atoms with Crippen LogP contribution in [-0.2, 0) is 9.84 Å². The van der Waals surface area contributed by atoms with E-state index in [1.165, 1.54) is 25.7 Å². The highest BCUT2D eigenvalue weighted by Gasteiger charge is 2.35. The van der Waals surface area contributed by atoms with Gasteiger partial charge in [0.15, 0.2) is 15.8 Å². The Morgan fingerprint density at radius 2 is 1.77 bits per heavy atom. The minimum absolute atomic E-state index is 0. The molecule has 1 saturated carbocycles. The first-order chi connectivity index (χ1) is 12.0. The van der Waals surface area contributed by atoms with Gasteiger partial charge in [0.2, 0.25) is 0 Å². The van der Waals surface area contributed by atoms with Crippen LogP contribution in [0.15, 0.2) is 38.6 Å². The third-order valence-corrected chi connectivity index (χ3v) is 7.57. The standard InChI is InChI=1S/C18H26BrN3O2S.HI/c1-20-18(22-12-14-4-2-3-5-15(14)13-22)21-10-11-25(23,24)17-8-6-16(19)7-9-17;/h6-9,14-15H,2-5,10-13H2,1H3,(H,20,21);1H. The van der Waals surface area contributed by atoms with Gasteiger partial charge in [0.05, 0.1) is 10.6 Å². The number of halogens is 2. The predicted octanol–water partition coefficient (Wildman–Crippen LogP) is 3.54. The van der Waals surface area contributed by atoms with Gasteiger partial charge in [-0.25, -0.2) is 8.42 Å². The quantitative estimate of drug-likeness (QED) is 0.351. The van der Waals surface area contributed by atoms with Crippen LogP contribution in [0.25, 0.3) is 0 Å². The largest absolute Gasteiger partial charge is 0.355 e. The van der Waals surface area contributed by atoms with Gasteiger partial charge < -0.3 is 10.2 Å². The Hall–Kier alpha value is -0.350. The van der Waals surface area contributed by atoms with Crippen molar-refractivity contribution in [3.8, 4) is 0 Å². The predicted molar refractivity (Wildman–Crippen MR) is 120 cm³/mol. The zero-order chi connectivity index (χ0) is 17.9. The minimum Gasteiger partial charge on any atom is -0.355 e. The monoisotopic (exact) mass is 555 g/mol. The van der Waals surface area contributed by atoms with Gasteiger partial charge >= 0.3 is 0 Å². The van der Waals surface area contributed by atoms with Crippen molar-refractivity contribution in [1.82, 2.24) is 10.2 Å². The summed E-state index contributed by atoms with van der Waals surface area (Å²) in [6.07, 6.45) is 5.31. The number of sulfone groups is 1. The lowest BCUT2D eigenvalue weighted by molar-refractivity contribution is 0.299. The number of hydrogen-bond acceptors (Lipinski definition) is 3. The van der Waals surface area contributed by atoms with Crippen LogP contribution in [0.1, 0.15) is 25.7 Å². The maximum absolute atomic E-state index is 12.4. The zero-order valence-electron chi connectivity index (χ0n) is 15.0. The van der Waals surface area contributed by atoms with Gasteiger partial charge in [-0.15, -0.1) is 24.0 Å². The number of nitrogens with zero attached hydrogens (tertiary/aromatic N) is 2. The van der Waals surface area contributed by atoms with Crippen LogP contribution in [0.3, 0.4) is 0 Å². The molecule has 1 aliphatic heterocycles. The lowest BCUT2D eigenvalue weighted by Crippen LogP contribution is -2.42. The summed E-state index contributed by atoms with van der Waals surface area (Å²) in [4.78, 5) is 7.02. The van der Waals surface area contributed by atoms with E-state index in [1.54, 1.807) is 31.3 Å². The molecule has 0 radical (unpaired) electrons. The van der Waals surface area contributed by atoms with E-state index in [4.69, 9.17) is 0 Å². The van der Waals surface area contributed by atoms with E-state index in [1.807, 2.05) is 0 Å². The van der Waals surface area contributed by atoms with E-state index in [9.17, 15) is 8.42 Å². The van der Waals surface area contributed by atoms with Crippen molar-refractivity contribution in [3.05, 3.63) is 28.7 Å². The molecule has 8 heteroatoms. The molecule has 0 aromatic heterocycles. The molecule has 0 bridgehead atoms. The molecule has 1 heterocycles. The SMILES string of the molecule is CN=C(NCCS(=O)(=O)c1ccc(Br)cc1)N1CC2CCCCC2C1.I. The van der Waals surface area contributed by atoms with Crippen LogP contribution < -0.4 is 5.32 Å². The summed E-state index contributed by atoms with van der Waals surface area (Å²) in [5, 5.41) is 3.25. The fraction of sp³-hybridized carbons (Fsp3) is 0.611. The molecule has 2 unspecified atom stereocenters. The van der Waals surface area contributed by atoms with Crippen molar-refractivity contribution in [1.29, 1.82) is 0 Å². The van der Waals surface area contributed by atoms with Crippen molar-refractivity contribution in [3.63, 3.8) is 0 Å².